The molecule has 0 saturated carbocycles. The van der Waals surface area contributed by atoms with E-state index < -0.39 is 0 Å². The summed E-state index contributed by atoms with van der Waals surface area (Å²) in [6.45, 7) is 2.26. The highest BCUT2D eigenvalue weighted by Gasteiger charge is 2.29. The third-order valence-electron chi connectivity index (χ3n) is 3.80. The van der Waals surface area contributed by atoms with E-state index in [2.05, 4.69) is 31.2 Å². The van der Waals surface area contributed by atoms with Crippen LogP contribution in [0.15, 0.2) is 42.5 Å². The van der Waals surface area contributed by atoms with E-state index in [1.807, 2.05) is 18.2 Å². The maximum Gasteiger partial charge on any atom is 0.0409 e. The fourth-order valence-electron chi connectivity index (χ4n) is 2.94. The van der Waals surface area contributed by atoms with Crippen LogP contribution in [0.25, 0.3) is 0 Å². The largest absolute Gasteiger partial charge is 0.0843 e. The predicted octanol–water partition coefficient (Wildman–Crippen LogP) is 5.63. The van der Waals surface area contributed by atoms with Gasteiger partial charge in [0.25, 0.3) is 0 Å². The molecule has 2 aromatic carbocycles. The van der Waals surface area contributed by atoms with Gasteiger partial charge in [0.15, 0.2) is 0 Å². The molecule has 2 aromatic rings. The second-order valence-electron chi connectivity index (χ2n) is 5.02. The number of benzene rings is 2. The second kappa shape index (κ2) is 4.60. The third-order valence-corrected chi connectivity index (χ3v) is 4.27. The van der Waals surface area contributed by atoms with Gasteiger partial charge in [0.05, 0.1) is 0 Å². The first-order chi connectivity index (χ1) is 8.65. The molecule has 0 nitrogen and oxygen atoms in total. The summed E-state index contributed by atoms with van der Waals surface area (Å²) < 4.78 is 0. The molecule has 0 heterocycles. The summed E-state index contributed by atoms with van der Waals surface area (Å²) >= 11 is 12.2. The summed E-state index contributed by atoms with van der Waals surface area (Å²) in [5.74, 6) is 1.01. The average molecular weight is 277 g/mol. The van der Waals surface area contributed by atoms with Crippen molar-refractivity contribution >= 4 is 23.2 Å². The summed E-state index contributed by atoms with van der Waals surface area (Å²) in [5.41, 5.74) is 4.08. The Labute approximate surface area is 118 Å². The molecule has 0 saturated heterocycles. The quantitative estimate of drug-likeness (QED) is 0.633. The molecule has 2 unspecified atom stereocenters. The van der Waals surface area contributed by atoms with Crippen molar-refractivity contribution in [2.75, 3.05) is 0 Å². The zero-order chi connectivity index (χ0) is 12.7. The molecule has 0 amide bonds. The lowest BCUT2D eigenvalue weighted by Gasteiger charge is -2.12. The van der Waals surface area contributed by atoms with E-state index in [0.29, 0.717) is 11.8 Å². The highest BCUT2D eigenvalue weighted by molar-refractivity contribution is 6.31. The minimum atomic E-state index is 0.450. The van der Waals surface area contributed by atoms with Crippen molar-refractivity contribution in [3.63, 3.8) is 0 Å². The third kappa shape index (κ3) is 2.04. The molecular formula is C16H14Cl2. The maximum atomic E-state index is 6.09. The summed E-state index contributed by atoms with van der Waals surface area (Å²) in [7, 11) is 0. The molecule has 0 fully saturated rings. The zero-order valence-corrected chi connectivity index (χ0v) is 11.7. The van der Waals surface area contributed by atoms with Crippen LogP contribution < -0.4 is 0 Å². The summed E-state index contributed by atoms with van der Waals surface area (Å²) in [6.07, 6.45) is 1.13. The van der Waals surface area contributed by atoms with Crippen molar-refractivity contribution in [2.24, 2.45) is 0 Å². The molecule has 0 bridgehead atoms. The van der Waals surface area contributed by atoms with E-state index in [-0.39, 0.29) is 0 Å². The summed E-state index contributed by atoms with van der Waals surface area (Å²) in [4.78, 5) is 0. The fraction of sp³-hybridized carbons (Fsp3) is 0.250. The van der Waals surface area contributed by atoms with Crippen molar-refractivity contribution in [3.05, 3.63) is 69.2 Å². The Hall–Kier alpha value is -0.980. The lowest BCUT2D eigenvalue weighted by Crippen LogP contribution is -1.95. The lowest BCUT2D eigenvalue weighted by atomic mass is 9.93. The van der Waals surface area contributed by atoms with Crippen LogP contribution in [0.4, 0.5) is 0 Å². The van der Waals surface area contributed by atoms with Crippen LogP contribution in [0.3, 0.4) is 0 Å². The Morgan fingerprint density at radius 3 is 2.50 bits per heavy atom. The molecule has 18 heavy (non-hydrogen) atoms. The van der Waals surface area contributed by atoms with Crippen molar-refractivity contribution < 1.29 is 0 Å². The molecule has 1 aliphatic rings. The normalized spacial score (nSPS) is 21.9. The van der Waals surface area contributed by atoms with Crippen molar-refractivity contribution in [3.8, 4) is 0 Å². The van der Waals surface area contributed by atoms with Crippen molar-refractivity contribution in [1.82, 2.24) is 0 Å². The Morgan fingerprint density at radius 1 is 0.944 bits per heavy atom. The smallest absolute Gasteiger partial charge is 0.0409 e. The minimum absolute atomic E-state index is 0.450. The molecule has 0 aliphatic heterocycles. The SMILES string of the molecule is CC1CC(c2cccc(Cl)c2)c2ccc(Cl)cc21. The van der Waals surface area contributed by atoms with E-state index in [4.69, 9.17) is 23.2 Å². The van der Waals surface area contributed by atoms with Gasteiger partial charge in [0, 0.05) is 16.0 Å². The van der Waals surface area contributed by atoms with Crippen LogP contribution in [-0.4, -0.2) is 0 Å². The number of hydrogen-bond acceptors (Lipinski definition) is 0. The topological polar surface area (TPSA) is 0 Å². The molecule has 2 atom stereocenters. The van der Waals surface area contributed by atoms with Gasteiger partial charge in [-0.2, -0.15) is 0 Å². The molecule has 0 spiro atoms. The van der Waals surface area contributed by atoms with Gasteiger partial charge in [-0.3, -0.25) is 0 Å². The highest BCUT2D eigenvalue weighted by Crippen LogP contribution is 2.45. The van der Waals surface area contributed by atoms with Gasteiger partial charge < -0.3 is 0 Å². The molecule has 2 heteroatoms. The van der Waals surface area contributed by atoms with E-state index in [0.717, 1.165) is 16.5 Å². The van der Waals surface area contributed by atoms with Gasteiger partial charge in [-0.25, -0.2) is 0 Å². The first-order valence-electron chi connectivity index (χ1n) is 6.20. The van der Waals surface area contributed by atoms with Crippen molar-refractivity contribution in [1.29, 1.82) is 0 Å². The fourth-order valence-corrected chi connectivity index (χ4v) is 3.32. The molecule has 92 valence electrons. The van der Waals surface area contributed by atoms with Crippen LogP contribution in [0.2, 0.25) is 10.0 Å². The predicted molar refractivity (Wildman–Crippen MR) is 77.8 cm³/mol. The molecule has 0 radical (unpaired) electrons. The van der Waals surface area contributed by atoms with Crippen LogP contribution in [-0.2, 0) is 0 Å². The Balaban J connectivity index is 2.08. The minimum Gasteiger partial charge on any atom is -0.0843 e. The molecule has 0 N–H and O–H groups in total. The average Bonchev–Trinajstić information content (AvgIpc) is 2.67. The number of fused-ring (bicyclic) bond motifs is 1. The Bertz CT molecular complexity index is 589. The second-order valence-corrected chi connectivity index (χ2v) is 5.89. The van der Waals surface area contributed by atoms with Crippen LogP contribution in [0.1, 0.15) is 41.9 Å². The lowest BCUT2D eigenvalue weighted by molar-refractivity contribution is 0.686. The highest BCUT2D eigenvalue weighted by atomic mass is 35.5. The van der Waals surface area contributed by atoms with Crippen LogP contribution in [0, 0.1) is 0 Å². The summed E-state index contributed by atoms with van der Waals surface area (Å²) in [5, 5.41) is 1.63. The van der Waals surface area contributed by atoms with Crippen LogP contribution >= 0.6 is 23.2 Å². The van der Waals surface area contributed by atoms with E-state index in [1.165, 1.54) is 16.7 Å². The maximum absolute atomic E-state index is 6.09. The monoisotopic (exact) mass is 276 g/mol. The number of halogens is 2. The van der Waals surface area contributed by atoms with Gasteiger partial charge in [-0.1, -0.05) is 48.3 Å². The van der Waals surface area contributed by atoms with Crippen molar-refractivity contribution in [2.45, 2.75) is 25.2 Å². The number of rotatable bonds is 1. The Kier molecular flexibility index (Phi) is 3.09. The first-order valence-corrected chi connectivity index (χ1v) is 6.95. The molecular weight excluding hydrogens is 263 g/mol. The van der Waals surface area contributed by atoms with Gasteiger partial charge in [0.2, 0.25) is 0 Å². The van der Waals surface area contributed by atoms with Gasteiger partial charge >= 0.3 is 0 Å². The summed E-state index contributed by atoms with van der Waals surface area (Å²) in [6, 6.07) is 14.4. The number of hydrogen-bond donors (Lipinski definition) is 0. The van der Waals surface area contributed by atoms with Gasteiger partial charge in [0.1, 0.15) is 0 Å². The van der Waals surface area contributed by atoms with E-state index in [1.54, 1.807) is 0 Å². The standard InChI is InChI=1S/C16H14Cl2/c1-10-7-16(11-3-2-4-12(17)8-11)14-6-5-13(18)9-15(10)14/h2-6,8-10,16H,7H2,1H3. The molecule has 0 aromatic heterocycles. The molecule has 1 aliphatic carbocycles. The Morgan fingerprint density at radius 2 is 1.72 bits per heavy atom. The van der Waals surface area contributed by atoms with Crippen LogP contribution in [0.5, 0.6) is 0 Å². The first kappa shape index (κ1) is 12.1. The van der Waals surface area contributed by atoms with Gasteiger partial charge in [-0.05, 0) is 53.3 Å². The van der Waals surface area contributed by atoms with E-state index in [9.17, 15) is 0 Å². The molecule has 3 rings (SSSR count). The zero-order valence-electron chi connectivity index (χ0n) is 10.2. The van der Waals surface area contributed by atoms with E-state index >= 15 is 0 Å². The van der Waals surface area contributed by atoms with Gasteiger partial charge in [-0.15, -0.1) is 0 Å².